The molecule has 0 aliphatic carbocycles. The van der Waals surface area contributed by atoms with Crippen molar-refractivity contribution in [2.45, 2.75) is 71.9 Å². The summed E-state index contributed by atoms with van der Waals surface area (Å²) in [7, 11) is 0. The Morgan fingerprint density at radius 2 is 2.00 bits per heavy atom. The molecular formula is C27H34ClN9O3. The fourth-order valence-electron chi connectivity index (χ4n) is 4.89. The van der Waals surface area contributed by atoms with Crippen molar-refractivity contribution >= 4 is 34.8 Å². The number of hydrogen-bond acceptors (Lipinski definition) is 9. The number of aryl methyl sites for hydroxylation is 1. The highest BCUT2D eigenvalue weighted by Gasteiger charge is 2.27. The molecule has 4 rings (SSSR count). The van der Waals surface area contributed by atoms with Crippen molar-refractivity contribution in [2.24, 2.45) is 0 Å². The summed E-state index contributed by atoms with van der Waals surface area (Å²) in [5.74, 6) is -0.0822. The van der Waals surface area contributed by atoms with Gasteiger partial charge in [-0.25, -0.2) is 9.97 Å². The van der Waals surface area contributed by atoms with Crippen LogP contribution in [0.3, 0.4) is 0 Å². The first-order valence-electron chi connectivity index (χ1n) is 13.2. The molecule has 0 saturated heterocycles. The van der Waals surface area contributed by atoms with Gasteiger partial charge in [-0.2, -0.15) is 14.7 Å². The second-order valence-electron chi connectivity index (χ2n) is 10.2. The molecule has 12 nitrogen and oxygen atoms in total. The number of carbonyl (C=O) groups excluding carboxylic acids is 2. The number of nitrogens with two attached hydrogens (primary N) is 1. The number of rotatable bonds is 11. The van der Waals surface area contributed by atoms with Crippen LogP contribution >= 0.6 is 11.6 Å². The summed E-state index contributed by atoms with van der Waals surface area (Å²) in [4.78, 5) is 40.9. The van der Waals surface area contributed by atoms with Gasteiger partial charge in [-0.15, -0.1) is 0 Å². The minimum atomic E-state index is -1.21. The Balaban J connectivity index is 1.72. The lowest BCUT2D eigenvalue weighted by molar-refractivity contribution is 0.0649. The summed E-state index contributed by atoms with van der Waals surface area (Å²) in [6.45, 7) is 9.24. The van der Waals surface area contributed by atoms with Gasteiger partial charge in [0.1, 0.15) is 17.7 Å². The van der Waals surface area contributed by atoms with E-state index in [2.05, 4.69) is 25.3 Å². The number of fused-ring (bicyclic) bond motifs is 1. The summed E-state index contributed by atoms with van der Waals surface area (Å²) in [5.41, 5.74) is 8.14. The molecule has 1 atom stereocenters. The predicted molar refractivity (Wildman–Crippen MR) is 151 cm³/mol. The fraction of sp³-hybridized carbons (Fsp3) is 0.444. The largest absolute Gasteiger partial charge is 0.384 e. The molecule has 0 spiro atoms. The molecule has 13 heteroatoms. The average molecular weight is 568 g/mol. The van der Waals surface area contributed by atoms with Crippen molar-refractivity contribution in [3.05, 3.63) is 52.6 Å². The van der Waals surface area contributed by atoms with Crippen LogP contribution in [0.5, 0.6) is 0 Å². The van der Waals surface area contributed by atoms with E-state index in [1.807, 2.05) is 13.8 Å². The Morgan fingerprint density at radius 3 is 2.58 bits per heavy atom. The van der Waals surface area contributed by atoms with E-state index in [0.717, 1.165) is 6.42 Å². The molecule has 0 bridgehead atoms. The number of halogens is 1. The molecule has 0 aromatic carbocycles. The number of aliphatic hydroxyl groups is 1. The lowest BCUT2D eigenvalue weighted by Crippen LogP contribution is -2.41. The number of nitrogens with zero attached hydrogens (tertiary/aromatic N) is 7. The number of hydrogen-bond donors (Lipinski definition) is 3. The van der Waals surface area contributed by atoms with Gasteiger partial charge in [0.05, 0.1) is 28.2 Å². The van der Waals surface area contributed by atoms with Crippen LogP contribution in [0.2, 0.25) is 5.02 Å². The standard InChI is InChI=1S/C27H34ClN9O3/c1-6-10-36(26(39)24-31-14-32-35-24)17(7-2)8-9-20-21(15(3)38)23(29)37-25(34-20)18(13-33-37)16-11-19(28)22(30-12-16)27(4,5)40/h11-14,17,40H,6-10,29H2,1-5H3,(H,31,32,35)/t17-/m1/s1. The number of nitrogens with one attached hydrogen (secondary N) is 1. The summed E-state index contributed by atoms with van der Waals surface area (Å²) >= 11 is 6.45. The molecular weight excluding hydrogens is 534 g/mol. The van der Waals surface area contributed by atoms with E-state index in [-0.39, 0.29) is 29.4 Å². The summed E-state index contributed by atoms with van der Waals surface area (Å²) in [5, 5.41) is 21.5. The molecule has 40 heavy (non-hydrogen) atoms. The number of pyridine rings is 1. The Bertz CT molecular complexity index is 1530. The van der Waals surface area contributed by atoms with Crippen molar-refractivity contribution in [1.29, 1.82) is 0 Å². The van der Waals surface area contributed by atoms with Gasteiger partial charge in [0, 0.05) is 29.9 Å². The van der Waals surface area contributed by atoms with E-state index in [1.165, 1.54) is 17.8 Å². The molecule has 1 amide bonds. The summed E-state index contributed by atoms with van der Waals surface area (Å²) in [6, 6.07) is 1.57. The van der Waals surface area contributed by atoms with E-state index < -0.39 is 5.60 Å². The van der Waals surface area contributed by atoms with Crippen LogP contribution in [0.4, 0.5) is 5.82 Å². The molecule has 212 valence electrons. The minimum absolute atomic E-state index is 0.127. The van der Waals surface area contributed by atoms with Crippen LogP contribution in [0.1, 0.15) is 86.2 Å². The minimum Gasteiger partial charge on any atom is -0.384 e. The van der Waals surface area contributed by atoms with Gasteiger partial charge >= 0.3 is 0 Å². The number of carbonyl (C=O) groups is 2. The SMILES string of the molecule is CCCN(C(=O)c1ncn[nH]1)[C@H](CC)CCc1nc2c(-c3cnc(C(C)(C)O)c(Cl)c3)cnn2c(N)c1C(C)=O. The Labute approximate surface area is 237 Å². The second-order valence-corrected chi connectivity index (χ2v) is 10.6. The van der Waals surface area contributed by atoms with Crippen LogP contribution in [-0.2, 0) is 12.0 Å². The van der Waals surface area contributed by atoms with Gasteiger partial charge < -0.3 is 15.7 Å². The van der Waals surface area contributed by atoms with Crippen LogP contribution in [0.15, 0.2) is 24.8 Å². The van der Waals surface area contributed by atoms with Crippen LogP contribution in [-0.4, -0.2) is 69.0 Å². The number of aromatic nitrogens is 7. The highest BCUT2D eigenvalue weighted by Crippen LogP contribution is 2.33. The average Bonchev–Trinajstić information content (AvgIpc) is 3.58. The molecule has 0 unspecified atom stereocenters. The van der Waals surface area contributed by atoms with Crippen molar-refractivity contribution in [1.82, 2.24) is 39.7 Å². The zero-order valence-electron chi connectivity index (χ0n) is 23.3. The van der Waals surface area contributed by atoms with Gasteiger partial charge in [-0.3, -0.25) is 19.7 Å². The normalized spacial score (nSPS) is 12.6. The van der Waals surface area contributed by atoms with Crippen LogP contribution in [0, 0.1) is 0 Å². The Morgan fingerprint density at radius 1 is 1.25 bits per heavy atom. The lowest BCUT2D eigenvalue weighted by Gasteiger charge is -2.30. The van der Waals surface area contributed by atoms with Gasteiger partial charge in [-0.05, 0) is 52.5 Å². The fourth-order valence-corrected chi connectivity index (χ4v) is 5.28. The van der Waals surface area contributed by atoms with Gasteiger partial charge in [0.2, 0.25) is 5.82 Å². The summed E-state index contributed by atoms with van der Waals surface area (Å²) < 4.78 is 1.43. The van der Waals surface area contributed by atoms with E-state index in [0.29, 0.717) is 64.6 Å². The third-order valence-corrected chi connectivity index (χ3v) is 7.10. The Hall–Kier alpha value is -3.90. The maximum absolute atomic E-state index is 13.2. The number of amides is 1. The third kappa shape index (κ3) is 5.68. The van der Waals surface area contributed by atoms with Gasteiger partial charge in [0.25, 0.3) is 5.91 Å². The first kappa shape index (κ1) is 29.1. The highest BCUT2D eigenvalue weighted by molar-refractivity contribution is 6.31. The quantitative estimate of drug-likeness (QED) is 0.228. The van der Waals surface area contributed by atoms with E-state index in [9.17, 15) is 14.7 Å². The maximum atomic E-state index is 13.2. The number of ketones is 1. The number of Topliss-reactive ketones (excluding diaryl/α,β-unsaturated/α-hetero) is 1. The smallest absolute Gasteiger partial charge is 0.291 e. The zero-order chi connectivity index (χ0) is 29.2. The summed E-state index contributed by atoms with van der Waals surface area (Å²) in [6.07, 6.45) is 6.92. The number of anilines is 1. The number of H-pyrrole nitrogens is 1. The molecule has 4 N–H and O–H groups in total. The van der Waals surface area contributed by atoms with Gasteiger partial charge in [0.15, 0.2) is 11.4 Å². The third-order valence-electron chi connectivity index (χ3n) is 6.81. The zero-order valence-corrected chi connectivity index (χ0v) is 24.0. The predicted octanol–water partition coefficient (Wildman–Crippen LogP) is 3.84. The molecule has 4 heterocycles. The number of aromatic amines is 1. The van der Waals surface area contributed by atoms with E-state index >= 15 is 0 Å². The first-order valence-corrected chi connectivity index (χ1v) is 13.6. The molecule has 0 aliphatic rings. The molecule has 4 aromatic heterocycles. The monoisotopic (exact) mass is 567 g/mol. The maximum Gasteiger partial charge on any atom is 0.291 e. The first-order chi connectivity index (χ1) is 19.0. The molecule has 4 aromatic rings. The van der Waals surface area contributed by atoms with E-state index in [4.69, 9.17) is 22.3 Å². The molecule has 0 saturated carbocycles. The molecule has 0 radical (unpaired) electrons. The topological polar surface area (TPSA) is 168 Å². The second kappa shape index (κ2) is 11.7. The van der Waals surface area contributed by atoms with Crippen LogP contribution < -0.4 is 5.73 Å². The van der Waals surface area contributed by atoms with Crippen molar-refractivity contribution < 1.29 is 14.7 Å². The molecule has 0 fully saturated rings. The highest BCUT2D eigenvalue weighted by atomic mass is 35.5. The van der Waals surface area contributed by atoms with Crippen LogP contribution in [0.25, 0.3) is 16.8 Å². The van der Waals surface area contributed by atoms with Crippen molar-refractivity contribution in [3.8, 4) is 11.1 Å². The lowest BCUT2D eigenvalue weighted by atomic mass is 10.00. The van der Waals surface area contributed by atoms with E-state index in [1.54, 1.807) is 37.2 Å². The van der Waals surface area contributed by atoms with Crippen molar-refractivity contribution in [2.75, 3.05) is 12.3 Å². The number of nitrogen functional groups attached to an aromatic ring is 1. The van der Waals surface area contributed by atoms with Gasteiger partial charge in [-0.1, -0.05) is 25.4 Å². The molecule has 0 aliphatic heterocycles. The van der Waals surface area contributed by atoms with Crippen molar-refractivity contribution in [3.63, 3.8) is 0 Å². The Kier molecular flexibility index (Phi) is 8.50.